The summed E-state index contributed by atoms with van der Waals surface area (Å²) in [6, 6.07) is 12.1. The Labute approximate surface area is 180 Å². The Kier molecular flexibility index (Phi) is 4.54. The van der Waals surface area contributed by atoms with E-state index in [1.807, 2.05) is 42.5 Å². The van der Waals surface area contributed by atoms with Crippen LogP contribution in [0.2, 0.25) is 0 Å². The number of hydrogen-bond acceptors (Lipinski definition) is 5. The van der Waals surface area contributed by atoms with Crippen molar-refractivity contribution >= 4 is 33.6 Å². The van der Waals surface area contributed by atoms with Crippen molar-refractivity contribution in [3.8, 4) is 11.5 Å². The molecule has 0 saturated heterocycles. The van der Waals surface area contributed by atoms with E-state index in [0.717, 1.165) is 26.9 Å². The first kappa shape index (κ1) is 18.8. The monoisotopic (exact) mass is 468 g/mol. The van der Waals surface area contributed by atoms with E-state index in [-0.39, 0.29) is 5.91 Å². The predicted octanol–water partition coefficient (Wildman–Crippen LogP) is 3.71. The van der Waals surface area contributed by atoms with Gasteiger partial charge in [-0.05, 0) is 48.2 Å². The molecule has 3 aromatic rings. The summed E-state index contributed by atoms with van der Waals surface area (Å²) in [5, 5.41) is 19.9. The minimum absolute atomic E-state index is 0.297. The number of benzene rings is 2. The first-order chi connectivity index (χ1) is 14.5. The molecule has 0 bridgehead atoms. The van der Waals surface area contributed by atoms with Crippen LogP contribution in [0.3, 0.4) is 0 Å². The molecule has 0 radical (unpaired) electrons. The molecule has 0 unspecified atom stereocenters. The third-order valence-electron chi connectivity index (χ3n) is 5.52. The van der Waals surface area contributed by atoms with Crippen molar-refractivity contribution in [1.29, 1.82) is 0 Å². The summed E-state index contributed by atoms with van der Waals surface area (Å²) >= 11 is 3.40. The zero-order valence-corrected chi connectivity index (χ0v) is 17.3. The summed E-state index contributed by atoms with van der Waals surface area (Å²) in [7, 11) is 0. The smallest absolute Gasteiger partial charge is 0.405 e. The minimum atomic E-state index is -1.22. The van der Waals surface area contributed by atoms with Gasteiger partial charge in [-0.1, -0.05) is 34.1 Å². The van der Waals surface area contributed by atoms with Gasteiger partial charge in [0.2, 0.25) is 17.7 Å². The average Bonchev–Trinajstić information content (AvgIpc) is 3.32. The number of amides is 2. The van der Waals surface area contributed by atoms with Crippen LogP contribution in [-0.4, -0.2) is 33.3 Å². The first-order valence-electron chi connectivity index (χ1n) is 9.54. The van der Waals surface area contributed by atoms with Gasteiger partial charge in [0.1, 0.15) is 12.1 Å². The van der Waals surface area contributed by atoms with Crippen molar-refractivity contribution in [3.63, 3.8) is 0 Å². The zero-order valence-electron chi connectivity index (χ0n) is 15.7. The molecule has 3 heterocycles. The number of carbonyl (C=O) groups excluding carboxylic acids is 1. The number of para-hydroxylation sites is 1. The summed E-state index contributed by atoms with van der Waals surface area (Å²) in [5.41, 5.74) is 3.65. The maximum absolute atomic E-state index is 13.3. The molecular formula is C21H17BrN4O4. The fourth-order valence-electron chi connectivity index (χ4n) is 4.19. The summed E-state index contributed by atoms with van der Waals surface area (Å²) < 4.78 is 6.90. The van der Waals surface area contributed by atoms with Gasteiger partial charge < -0.3 is 14.8 Å². The van der Waals surface area contributed by atoms with Gasteiger partial charge in [0.25, 0.3) is 0 Å². The molecule has 5 rings (SSSR count). The van der Waals surface area contributed by atoms with Gasteiger partial charge in [0.15, 0.2) is 0 Å². The van der Waals surface area contributed by atoms with Crippen LogP contribution in [0.1, 0.15) is 29.5 Å². The largest absolute Gasteiger partial charge is 0.465 e. The second-order valence-corrected chi connectivity index (χ2v) is 8.26. The minimum Gasteiger partial charge on any atom is -0.465 e. The molecule has 0 spiro atoms. The van der Waals surface area contributed by atoms with Crippen molar-refractivity contribution in [2.75, 3.05) is 4.90 Å². The molecule has 1 aromatic heterocycles. The number of nitrogens with one attached hydrogen (secondary N) is 1. The maximum atomic E-state index is 13.3. The molecule has 9 heteroatoms. The maximum Gasteiger partial charge on any atom is 0.405 e. The number of halogens is 1. The number of carbonyl (C=O) groups is 2. The molecule has 0 aliphatic carbocycles. The van der Waals surface area contributed by atoms with Crippen molar-refractivity contribution in [3.05, 3.63) is 64.0 Å². The highest BCUT2D eigenvalue weighted by Crippen LogP contribution is 2.44. The van der Waals surface area contributed by atoms with Crippen LogP contribution >= 0.6 is 15.9 Å². The highest BCUT2D eigenvalue weighted by atomic mass is 79.9. The molecule has 2 atom stereocenters. The number of nitrogens with zero attached hydrogens (tertiary/aromatic N) is 3. The topological polar surface area (TPSA) is 109 Å². The van der Waals surface area contributed by atoms with Gasteiger partial charge >= 0.3 is 6.09 Å². The van der Waals surface area contributed by atoms with E-state index in [1.54, 1.807) is 4.90 Å². The van der Waals surface area contributed by atoms with E-state index in [4.69, 9.17) is 4.42 Å². The van der Waals surface area contributed by atoms with E-state index in [2.05, 4.69) is 31.4 Å². The Morgan fingerprint density at radius 1 is 1.17 bits per heavy atom. The predicted molar refractivity (Wildman–Crippen MR) is 111 cm³/mol. The summed E-state index contributed by atoms with van der Waals surface area (Å²) in [6.07, 6.45) is 0.331. The van der Waals surface area contributed by atoms with Gasteiger partial charge in [-0.3, -0.25) is 9.69 Å². The van der Waals surface area contributed by atoms with E-state index >= 15 is 0 Å². The molecule has 2 aliphatic heterocycles. The van der Waals surface area contributed by atoms with Gasteiger partial charge in [0.05, 0.1) is 5.69 Å². The number of carboxylic acid groups (broad SMARTS) is 1. The van der Waals surface area contributed by atoms with E-state index in [9.17, 15) is 14.7 Å². The van der Waals surface area contributed by atoms with Gasteiger partial charge in [0, 0.05) is 16.5 Å². The summed E-state index contributed by atoms with van der Waals surface area (Å²) in [5.74, 6) is 0.407. The van der Waals surface area contributed by atoms with E-state index < -0.39 is 18.2 Å². The van der Waals surface area contributed by atoms with E-state index in [0.29, 0.717) is 31.0 Å². The van der Waals surface area contributed by atoms with Crippen LogP contribution in [0.15, 0.2) is 51.4 Å². The molecule has 8 nitrogen and oxygen atoms in total. The van der Waals surface area contributed by atoms with Crippen LogP contribution in [0, 0.1) is 0 Å². The van der Waals surface area contributed by atoms with Crippen LogP contribution < -0.4 is 10.2 Å². The van der Waals surface area contributed by atoms with Crippen molar-refractivity contribution < 1.29 is 19.1 Å². The van der Waals surface area contributed by atoms with Crippen LogP contribution in [0.25, 0.3) is 11.5 Å². The molecule has 152 valence electrons. The van der Waals surface area contributed by atoms with Crippen LogP contribution in [-0.2, 0) is 17.6 Å². The lowest BCUT2D eigenvalue weighted by Gasteiger charge is -2.26. The third-order valence-corrected chi connectivity index (χ3v) is 6.05. The van der Waals surface area contributed by atoms with Gasteiger partial charge in [-0.25, -0.2) is 4.79 Å². The van der Waals surface area contributed by atoms with Gasteiger partial charge in [-0.15, -0.1) is 10.2 Å². The highest BCUT2D eigenvalue weighted by molar-refractivity contribution is 9.10. The number of anilines is 1. The zero-order chi connectivity index (χ0) is 20.8. The fraction of sp³-hybridized carbons (Fsp3) is 0.238. The lowest BCUT2D eigenvalue weighted by atomic mass is 10.0. The first-order valence-corrected chi connectivity index (χ1v) is 10.3. The average molecular weight is 469 g/mol. The third kappa shape index (κ3) is 3.15. The molecule has 2 N–H and O–H groups in total. The molecule has 0 fully saturated rings. The molecule has 2 aromatic carbocycles. The SMILES string of the molecule is O=C(O)N[C@H]1CCc2cccc3c2N(C1=O)[C@H](c1nnc(-c2ccc(Br)cc2)o1)C3. The fourth-order valence-corrected chi connectivity index (χ4v) is 4.45. The van der Waals surface area contributed by atoms with Crippen molar-refractivity contribution in [2.45, 2.75) is 31.3 Å². The summed E-state index contributed by atoms with van der Waals surface area (Å²) in [6.45, 7) is 0. The van der Waals surface area contributed by atoms with Crippen LogP contribution in [0.5, 0.6) is 0 Å². The molecular weight excluding hydrogens is 452 g/mol. The molecule has 2 amide bonds. The van der Waals surface area contributed by atoms with E-state index in [1.165, 1.54) is 0 Å². The lowest BCUT2D eigenvalue weighted by molar-refractivity contribution is -0.121. The molecule has 0 saturated carbocycles. The second-order valence-electron chi connectivity index (χ2n) is 7.35. The molecule has 30 heavy (non-hydrogen) atoms. The number of aryl methyl sites for hydroxylation is 1. The Morgan fingerprint density at radius 2 is 1.93 bits per heavy atom. The van der Waals surface area contributed by atoms with Gasteiger partial charge in [-0.2, -0.15) is 0 Å². The second kappa shape index (κ2) is 7.24. The normalized spacial score (nSPS) is 20.0. The highest BCUT2D eigenvalue weighted by Gasteiger charge is 2.43. The number of aromatic nitrogens is 2. The Balaban J connectivity index is 1.54. The standard InChI is InChI=1S/C21H17BrN4O4/c22-14-7-4-12(5-8-14)18-24-25-19(30-18)16-10-13-3-1-2-11-6-9-15(23-21(28)29)20(27)26(16)17(11)13/h1-5,7-8,15-16,23H,6,9-10H2,(H,28,29)/t15-,16-/m0/s1. The van der Waals surface area contributed by atoms with Crippen LogP contribution in [0.4, 0.5) is 10.5 Å². The Bertz CT molecular complexity index is 1140. The van der Waals surface area contributed by atoms with Crippen molar-refractivity contribution in [1.82, 2.24) is 15.5 Å². The quantitative estimate of drug-likeness (QED) is 0.606. The Morgan fingerprint density at radius 3 is 2.70 bits per heavy atom. The summed E-state index contributed by atoms with van der Waals surface area (Å²) in [4.78, 5) is 26.2. The molecule has 2 aliphatic rings. The Hall–Kier alpha value is -3.20. The lowest BCUT2D eigenvalue weighted by Crippen LogP contribution is -2.48. The number of hydrogen-bond donors (Lipinski definition) is 2. The number of rotatable bonds is 3. The van der Waals surface area contributed by atoms with Crippen molar-refractivity contribution in [2.24, 2.45) is 0 Å².